The summed E-state index contributed by atoms with van der Waals surface area (Å²) >= 11 is 1.59. The maximum atomic E-state index is 10.9. The van der Waals surface area contributed by atoms with Crippen molar-refractivity contribution in [2.45, 2.75) is 32.6 Å². The first-order chi connectivity index (χ1) is 13.6. The molecule has 6 nitrogen and oxygen atoms in total. The van der Waals surface area contributed by atoms with Crippen LogP contribution in [0.15, 0.2) is 39.7 Å². The zero-order valence-corrected chi connectivity index (χ0v) is 16.1. The third-order valence-electron chi connectivity index (χ3n) is 4.89. The van der Waals surface area contributed by atoms with Gasteiger partial charge in [-0.25, -0.2) is 4.99 Å². The lowest BCUT2D eigenvalue weighted by atomic mass is 9.96. The van der Waals surface area contributed by atoms with E-state index in [-0.39, 0.29) is 5.69 Å². The Kier molecular flexibility index (Phi) is 4.80. The van der Waals surface area contributed by atoms with Crippen LogP contribution >= 0.6 is 11.3 Å². The number of hydrogen-bond acceptors (Lipinski definition) is 6. The van der Waals surface area contributed by atoms with E-state index >= 15 is 0 Å². The van der Waals surface area contributed by atoms with Gasteiger partial charge in [0.2, 0.25) is 0 Å². The number of nitro benzene ring substituents is 1. The summed E-state index contributed by atoms with van der Waals surface area (Å²) in [7, 11) is 0. The van der Waals surface area contributed by atoms with E-state index < -0.39 is 4.92 Å². The number of fused-ring (bicyclic) bond motifs is 1. The summed E-state index contributed by atoms with van der Waals surface area (Å²) in [5.41, 5.74) is 3.47. The first-order valence-corrected chi connectivity index (χ1v) is 9.82. The summed E-state index contributed by atoms with van der Waals surface area (Å²) in [5, 5.41) is 21.1. The minimum atomic E-state index is -0.412. The average Bonchev–Trinajstić information content (AvgIpc) is 3.30. The third kappa shape index (κ3) is 3.35. The largest absolute Gasteiger partial charge is 0.455 e. The molecule has 4 rings (SSSR count). The number of rotatable bonds is 4. The van der Waals surface area contributed by atoms with Gasteiger partial charge in [0.1, 0.15) is 22.6 Å². The monoisotopic (exact) mass is 391 g/mol. The van der Waals surface area contributed by atoms with Gasteiger partial charge < -0.3 is 4.42 Å². The van der Waals surface area contributed by atoms with Gasteiger partial charge in [-0.3, -0.25) is 10.1 Å². The number of hydrogen-bond donors (Lipinski definition) is 0. The fourth-order valence-corrected chi connectivity index (χ4v) is 4.67. The molecule has 0 bridgehead atoms. The van der Waals surface area contributed by atoms with E-state index in [9.17, 15) is 15.4 Å². The molecule has 0 fully saturated rings. The van der Waals surface area contributed by atoms with E-state index in [1.165, 1.54) is 17.0 Å². The van der Waals surface area contributed by atoms with E-state index in [0.717, 1.165) is 47.4 Å². The summed E-state index contributed by atoms with van der Waals surface area (Å²) < 4.78 is 5.85. The number of aryl methyl sites for hydroxylation is 2. The molecule has 0 spiro atoms. The lowest BCUT2D eigenvalue weighted by Gasteiger charge is -2.09. The first kappa shape index (κ1) is 18.1. The van der Waals surface area contributed by atoms with Crippen molar-refractivity contribution in [2.24, 2.45) is 4.99 Å². The molecule has 1 aromatic carbocycles. The van der Waals surface area contributed by atoms with Gasteiger partial charge in [0.15, 0.2) is 0 Å². The molecule has 3 aromatic rings. The summed E-state index contributed by atoms with van der Waals surface area (Å²) in [4.78, 5) is 16.3. The smallest absolute Gasteiger partial charge is 0.269 e. The number of nitrogens with zero attached hydrogens (tertiary/aromatic N) is 3. The lowest BCUT2D eigenvalue weighted by molar-refractivity contribution is -0.384. The van der Waals surface area contributed by atoms with Crippen molar-refractivity contribution >= 4 is 28.2 Å². The van der Waals surface area contributed by atoms with Gasteiger partial charge in [0, 0.05) is 22.6 Å². The summed E-state index contributed by atoms with van der Waals surface area (Å²) in [6.45, 7) is 1.81. The van der Waals surface area contributed by atoms with Crippen LogP contribution in [0, 0.1) is 28.4 Å². The predicted octanol–water partition coefficient (Wildman–Crippen LogP) is 5.73. The highest BCUT2D eigenvalue weighted by molar-refractivity contribution is 7.16. The Morgan fingerprint density at radius 1 is 1.29 bits per heavy atom. The summed E-state index contributed by atoms with van der Waals surface area (Å²) in [5.74, 6) is 1.20. The van der Waals surface area contributed by atoms with Crippen molar-refractivity contribution in [1.82, 2.24) is 0 Å². The fraction of sp³-hybridized carbons (Fsp3) is 0.238. The second-order valence-electron chi connectivity index (χ2n) is 6.72. The Morgan fingerprint density at radius 2 is 2.11 bits per heavy atom. The highest BCUT2D eigenvalue weighted by Gasteiger charge is 2.20. The normalized spacial score (nSPS) is 13.4. The quantitative estimate of drug-likeness (QED) is 0.323. The molecule has 0 N–H and O–H groups in total. The van der Waals surface area contributed by atoms with Crippen LogP contribution in [0.25, 0.3) is 11.3 Å². The van der Waals surface area contributed by atoms with Gasteiger partial charge in [0.25, 0.3) is 5.69 Å². The molecule has 28 heavy (non-hydrogen) atoms. The SMILES string of the molecule is Cc1cc([N+](=O)[O-])ccc1-c1ccc(C=Nc2sc3c(c2C#N)CCCC3)o1. The minimum Gasteiger partial charge on any atom is -0.455 e. The number of non-ortho nitro benzene ring substituents is 1. The highest BCUT2D eigenvalue weighted by Crippen LogP contribution is 2.39. The number of thiophene rings is 1. The van der Waals surface area contributed by atoms with Crippen LogP contribution in [0.2, 0.25) is 0 Å². The molecule has 0 unspecified atom stereocenters. The predicted molar refractivity (Wildman–Crippen MR) is 108 cm³/mol. The number of nitriles is 1. The van der Waals surface area contributed by atoms with Gasteiger partial charge in [-0.05, 0) is 61.9 Å². The molecule has 2 heterocycles. The van der Waals surface area contributed by atoms with Crippen LogP contribution in [0.5, 0.6) is 0 Å². The zero-order valence-electron chi connectivity index (χ0n) is 15.3. The summed E-state index contributed by atoms with van der Waals surface area (Å²) in [6.07, 6.45) is 5.89. The fourth-order valence-electron chi connectivity index (χ4n) is 3.48. The summed E-state index contributed by atoms with van der Waals surface area (Å²) in [6, 6.07) is 10.6. The molecule has 0 saturated heterocycles. The van der Waals surface area contributed by atoms with Gasteiger partial charge in [-0.15, -0.1) is 11.3 Å². The standard InChI is InChI=1S/C21H17N3O3S/c1-13-10-14(24(25)26)6-8-16(13)19-9-7-15(27-19)12-23-21-18(11-22)17-4-2-3-5-20(17)28-21/h6-10,12H,2-5H2,1H3. The Balaban J connectivity index is 1.60. The van der Waals surface area contributed by atoms with E-state index in [0.29, 0.717) is 17.1 Å². The molecular weight excluding hydrogens is 374 g/mol. The third-order valence-corrected chi connectivity index (χ3v) is 6.09. The van der Waals surface area contributed by atoms with E-state index in [1.54, 1.807) is 29.7 Å². The van der Waals surface area contributed by atoms with Gasteiger partial charge in [0.05, 0.1) is 16.7 Å². The van der Waals surface area contributed by atoms with Crippen LogP contribution in [-0.2, 0) is 12.8 Å². The maximum absolute atomic E-state index is 10.9. The van der Waals surface area contributed by atoms with Crippen molar-refractivity contribution < 1.29 is 9.34 Å². The van der Waals surface area contributed by atoms with E-state index in [1.807, 2.05) is 13.0 Å². The molecule has 0 saturated carbocycles. The number of aliphatic imine (C=N–C) groups is 1. The first-order valence-electron chi connectivity index (χ1n) is 9.01. The average molecular weight is 391 g/mol. The van der Waals surface area contributed by atoms with Crippen LogP contribution in [0.4, 0.5) is 10.7 Å². The number of nitro groups is 1. The lowest BCUT2D eigenvalue weighted by Crippen LogP contribution is -1.99. The van der Waals surface area contributed by atoms with Crippen LogP contribution < -0.4 is 0 Å². The van der Waals surface area contributed by atoms with Crippen molar-refractivity contribution in [1.29, 1.82) is 5.26 Å². The topological polar surface area (TPSA) is 92.4 Å². The highest BCUT2D eigenvalue weighted by atomic mass is 32.1. The van der Waals surface area contributed by atoms with Gasteiger partial charge in [-0.1, -0.05) is 0 Å². The molecule has 0 amide bonds. The molecule has 0 aliphatic heterocycles. The molecule has 7 heteroatoms. The van der Waals surface area contributed by atoms with Crippen LogP contribution in [0.3, 0.4) is 0 Å². The van der Waals surface area contributed by atoms with Crippen molar-refractivity contribution in [3.05, 3.63) is 67.8 Å². The Bertz CT molecular complexity index is 1130. The van der Waals surface area contributed by atoms with Crippen molar-refractivity contribution in [3.8, 4) is 17.4 Å². The Labute approximate surface area is 165 Å². The van der Waals surface area contributed by atoms with Crippen LogP contribution in [-0.4, -0.2) is 11.1 Å². The van der Waals surface area contributed by atoms with E-state index in [4.69, 9.17) is 4.42 Å². The van der Waals surface area contributed by atoms with Crippen LogP contribution in [0.1, 0.15) is 40.2 Å². The van der Waals surface area contributed by atoms with Crippen molar-refractivity contribution in [3.63, 3.8) is 0 Å². The Hall–Kier alpha value is -3.24. The second kappa shape index (κ2) is 7.41. The number of benzene rings is 1. The molecular formula is C21H17N3O3S. The van der Waals surface area contributed by atoms with Gasteiger partial charge >= 0.3 is 0 Å². The minimum absolute atomic E-state index is 0.0558. The zero-order chi connectivity index (χ0) is 19.7. The molecule has 1 aliphatic rings. The Morgan fingerprint density at radius 3 is 2.86 bits per heavy atom. The molecule has 2 aromatic heterocycles. The maximum Gasteiger partial charge on any atom is 0.269 e. The number of furan rings is 1. The molecule has 0 atom stereocenters. The molecule has 140 valence electrons. The van der Waals surface area contributed by atoms with E-state index in [2.05, 4.69) is 11.1 Å². The van der Waals surface area contributed by atoms with Crippen molar-refractivity contribution in [2.75, 3.05) is 0 Å². The van der Waals surface area contributed by atoms with Gasteiger partial charge in [-0.2, -0.15) is 5.26 Å². The molecule has 0 radical (unpaired) electrons. The molecule has 1 aliphatic carbocycles. The second-order valence-corrected chi connectivity index (χ2v) is 7.80.